The van der Waals surface area contributed by atoms with Gasteiger partial charge >= 0.3 is 6.09 Å². The molecule has 2 heterocycles. The number of carbonyl (C=O) groups is 2. The number of amides is 2. The van der Waals surface area contributed by atoms with Crippen LogP contribution in [0, 0.1) is 0 Å². The van der Waals surface area contributed by atoms with E-state index in [0.717, 1.165) is 24.0 Å². The summed E-state index contributed by atoms with van der Waals surface area (Å²) in [5, 5.41) is 4.96. The van der Waals surface area contributed by atoms with Gasteiger partial charge in [-0.2, -0.15) is 5.10 Å². The number of rotatable bonds is 3. The topological polar surface area (TPSA) is 67.7 Å². The van der Waals surface area contributed by atoms with E-state index < -0.39 is 6.09 Å². The Hall–Kier alpha value is -3.32. The standard InChI is InChI=1S/C24H23ClN4O3/c1-15-13-27(24(31)32-21-5-3-4-19(25)11-21)23-10-17(6-9-22(23)29(15)16(2)30)18-12-26-28(14-18)20-7-8-20/h3-6,9-12,14-15,20H,7-8,13H2,1-2H3/t15-/m0/s1. The predicted molar refractivity (Wildman–Crippen MR) is 123 cm³/mol. The minimum Gasteiger partial charge on any atom is -0.410 e. The van der Waals surface area contributed by atoms with Crippen LogP contribution in [0.5, 0.6) is 5.75 Å². The molecule has 0 radical (unpaired) electrons. The molecule has 0 bridgehead atoms. The number of halogens is 1. The molecule has 2 aromatic carbocycles. The van der Waals surface area contributed by atoms with Gasteiger partial charge in [0.25, 0.3) is 0 Å². The maximum absolute atomic E-state index is 13.2. The van der Waals surface area contributed by atoms with E-state index in [2.05, 4.69) is 5.10 Å². The van der Waals surface area contributed by atoms with Crippen molar-refractivity contribution in [2.75, 3.05) is 16.3 Å². The van der Waals surface area contributed by atoms with Gasteiger partial charge in [0.2, 0.25) is 5.91 Å². The van der Waals surface area contributed by atoms with E-state index in [-0.39, 0.29) is 11.9 Å². The molecule has 1 saturated carbocycles. The van der Waals surface area contributed by atoms with Gasteiger partial charge in [0, 0.05) is 30.3 Å². The van der Waals surface area contributed by atoms with Gasteiger partial charge in [-0.05, 0) is 55.7 Å². The molecule has 1 fully saturated rings. The van der Waals surface area contributed by atoms with Crippen LogP contribution in [0.1, 0.15) is 32.7 Å². The van der Waals surface area contributed by atoms with Crippen LogP contribution in [-0.2, 0) is 4.79 Å². The highest BCUT2D eigenvalue weighted by Gasteiger charge is 2.35. The Bertz CT molecular complexity index is 1200. The Morgan fingerprint density at radius 1 is 1.09 bits per heavy atom. The Kier molecular flexibility index (Phi) is 5.13. The van der Waals surface area contributed by atoms with Crippen molar-refractivity contribution in [3.8, 4) is 16.9 Å². The van der Waals surface area contributed by atoms with Crippen molar-refractivity contribution < 1.29 is 14.3 Å². The summed E-state index contributed by atoms with van der Waals surface area (Å²) in [4.78, 5) is 28.8. The summed E-state index contributed by atoms with van der Waals surface area (Å²) in [7, 11) is 0. The second-order valence-electron chi connectivity index (χ2n) is 8.32. The maximum atomic E-state index is 13.2. The van der Waals surface area contributed by atoms with Crippen LogP contribution in [0.25, 0.3) is 11.1 Å². The summed E-state index contributed by atoms with van der Waals surface area (Å²) in [6.07, 6.45) is 5.65. The number of hydrogen-bond acceptors (Lipinski definition) is 4. The van der Waals surface area contributed by atoms with Gasteiger partial charge in [-0.15, -0.1) is 0 Å². The summed E-state index contributed by atoms with van der Waals surface area (Å²) in [6.45, 7) is 3.77. The molecular formula is C24H23ClN4O3. The third kappa shape index (κ3) is 3.84. The molecule has 2 aliphatic rings. The van der Waals surface area contributed by atoms with Crippen LogP contribution in [0.2, 0.25) is 5.02 Å². The van der Waals surface area contributed by atoms with E-state index in [9.17, 15) is 9.59 Å². The van der Waals surface area contributed by atoms with E-state index in [1.54, 1.807) is 34.1 Å². The minimum absolute atomic E-state index is 0.0732. The van der Waals surface area contributed by atoms with Crippen molar-refractivity contribution in [3.05, 3.63) is 59.9 Å². The Balaban J connectivity index is 1.52. The lowest BCUT2D eigenvalue weighted by Gasteiger charge is -2.40. The van der Waals surface area contributed by atoms with E-state index in [1.807, 2.05) is 42.2 Å². The van der Waals surface area contributed by atoms with Crippen molar-refractivity contribution >= 4 is 35.0 Å². The van der Waals surface area contributed by atoms with Gasteiger partial charge < -0.3 is 9.64 Å². The van der Waals surface area contributed by atoms with Crippen molar-refractivity contribution in [2.45, 2.75) is 38.8 Å². The molecule has 164 valence electrons. The predicted octanol–water partition coefficient (Wildman–Crippen LogP) is 5.30. The smallest absolute Gasteiger partial charge is 0.410 e. The molecule has 1 atom stereocenters. The number of fused-ring (bicyclic) bond motifs is 1. The molecule has 0 saturated heterocycles. The van der Waals surface area contributed by atoms with Gasteiger partial charge in [0.05, 0.1) is 29.7 Å². The van der Waals surface area contributed by atoms with Crippen LogP contribution >= 0.6 is 11.6 Å². The average molecular weight is 451 g/mol. The number of aromatic nitrogens is 2. The van der Waals surface area contributed by atoms with E-state index in [0.29, 0.717) is 34.7 Å². The summed E-state index contributed by atoms with van der Waals surface area (Å²) in [6, 6.07) is 12.8. The first-order chi connectivity index (χ1) is 15.4. The molecule has 1 aromatic heterocycles. The molecule has 1 aliphatic heterocycles. The van der Waals surface area contributed by atoms with Crippen LogP contribution < -0.4 is 14.5 Å². The number of ether oxygens (including phenoxy) is 1. The zero-order valence-corrected chi connectivity index (χ0v) is 18.6. The lowest BCUT2D eigenvalue weighted by Crippen LogP contribution is -2.52. The molecule has 7 nitrogen and oxygen atoms in total. The zero-order valence-electron chi connectivity index (χ0n) is 17.9. The summed E-state index contributed by atoms with van der Waals surface area (Å²) < 4.78 is 7.60. The van der Waals surface area contributed by atoms with Gasteiger partial charge in [0.1, 0.15) is 5.75 Å². The molecule has 1 aliphatic carbocycles. The first-order valence-corrected chi connectivity index (χ1v) is 11.0. The lowest BCUT2D eigenvalue weighted by molar-refractivity contribution is -0.117. The number of carbonyl (C=O) groups excluding carboxylic acids is 2. The third-order valence-corrected chi connectivity index (χ3v) is 6.07. The molecule has 0 unspecified atom stereocenters. The summed E-state index contributed by atoms with van der Waals surface area (Å²) >= 11 is 6.03. The first kappa shape index (κ1) is 20.6. The quantitative estimate of drug-likeness (QED) is 0.543. The van der Waals surface area contributed by atoms with Gasteiger partial charge in [0.15, 0.2) is 0 Å². The van der Waals surface area contributed by atoms with Crippen LogP contribution in [0.15, 0.2) is 54.9 Å². The third-order valence-electron chi connectivity index (χ3n) is 5.83. The van der Waals surface area contributed by atoms with Gasteiger partial charge in [-0.3, -0.25) is 14.4 Å². The van der Waals surface area contributed by atoms with Crippen molar-refractivity contribution in [2.24, 2.45) is 0 Å². The van der Waals surface area contributed by atoms with Crippen molar-refractivity contribution in [1.82, 2.24) is 9.78 Å². The molecule has 0 N–H and O–H groups in total. The summed E-state index contributed by atoms with van der Waals surface area (Å²) in [5.74, 6) is 0.295. The maximum Gasteiger partial charge on any atom is 0.419 e. The summed E-state index contributed by atoms with van der Waals surface area (Å²) in [5.41, 5.74) is 3.20. The normalized spacial score (nSPS) is 17.8. The first-order valence-electron chi connectivity index (χ1n) is 10.6. The van der Waals surface area contributed by atoms with Gasteiger partial charge in [-0.1, -0.05) is 23.7 Å². The van der Waals surface area contributed by atoms with Crippen molar-refractivity contribution in [1.29, 1.82) is 0 Å². The average Bonchev–Trinajstić information content (AvgIpc) is 3.49. The second kappa shape index (κ2) is 7.98. The molecule has 8 heteroatoms. The van der Waals surface area contributed by atoms with Crippen molar-refractivity contribution in [3.63, 3.8) is 0 Å². The Morgan fingerprint density at radius 2 is 1.91 bits per heavy atom. The van der Waals surface area contributed by atoms with E-state index in [4.69, 9.17) is 16.3 Å². The fourth-order valence-corrected chi connectivity index (χ4v) is 4.35. The number of hydrogen-bond donors (Lipinski definition) is 0. The number of anilines is 2. The lowest BCUT2D eigenvalue weighted by atomic mass is 10.0. The van der Waals surface area contributed by atoms with E-state index >= 15 is 0 Å². The largest absolute Gasteiger partial charge is 0.419 e. The van der Waals surface area contributed by atoms with Crippen LogP contribution in [-0.4, -0.2) is 34.4 Å². The minimum atomic E-state index is -0.519. The molecule has 3 aromatic rings. The van der Waals surface area contributed by atoms with E-state index in [1.165, 1.54) is 6.92 Å². The van der Waals surface area contributed by atoms with Gasteiger partial charge in [-0.25, -0.2) is 4.79 Å². The second-order valence-corrected chi connectivity index (χ2v) is 8.75. The Labute approximate surface area is 191 Å². The molecule has 0 spiro atoms. The number of benzene rings is 2. The fourth-order valence-electron chi connectivity index (χ4n) is 4.17. The van der Waals surface area contributed by atoms with Crippen LogP contribution in [0.4, 0.5) is 16.2 Å². The SMILES string of the molecule is CC(=O)N1c2ccc(-c3cnn(C4CC4)c3)cc2N(C(=O)Oc2cccc(Cl)c2)C[C@@H]1C. The fraction of sp³-hybridized carbons (Fsp3) is 0.292. The van der Waals surface area contributed by atoms with Crippen LogP contribution in [0.3, 0.4) is 0 Å². The highest BCUT2D eigenvalue weighted by Crippen LogP contribution is 2.40. The Morgan fingerprint density at radius 3 is 2.62 bits per heavy atom. The highest BCUT2D eigenvalue weighted by molar-refractivity contribution is 6.30. The monoisotopic (exact) mass is 450 g/mol. The molecule has 5 rings (SSSR count). The highest BCUT2D eigenvalue weighted by atomic mass is 35.5. The zero-order chi connectivity index (χ0) is 22.4. The molecule has 2 amide bonds. The molecule has 32 heavy (non-hydrogen) atoms. The number of nitrogens with zero attached hydrogens (tertiary/aromatic N) is 4. The molecular weight excluding hydrogens is 428 g/mol.